The van der Waals surface area contributed by atoms with Crippen molar-refractivity contribution in [1.29, 1.82) is 0 Å². The number of anilines is 1. The second-order valence-corrected chi connectivity index (χ2v) is 11.3. The summed E-state index contributed by atoms with van der Waals surface area (Å²) in [7, 11) is 0. The predicted molar refractivity (Wildman–Crippen MR) is 158 cm³/mol. The molecular weight excluding hydrogens is 454 g/mol. The first-order chi connectivity index (χ1) is 18.0. The van der Waals surface area contributed by atoms with E-state index < -0.39 is 0 Å². The quantitative estimate of drug-likeness (QED) is 0.357. The van der Waals surface area contributed by atoms with Crippen molar-refractivity contribution in [3.05, 3.63) is 52.6 Å². The number of hydrogen-bond donors (Lipinski definition) is 1. The first-order valence-corrected chi connectivity index (χ1v) is 14.6. The molecular formula is C32H47N5. The topological polar surface area (TPSA) is 53.4 Å². The minimum atomic E-state index is 0.498. The lowest BCUT2D eigenvalue weighted by atomic mass is 9.82. The van der Waals surface area contributed by atoms with Crippen LogP contribution in [0.3, 0.4) is 0 Å². The molecule has 1 saturated carbocycles. The molecule has 2 aromatic rings. The van der Waals surface area contributed by atoms with Crippen molar-refractivity contribution < 1.29 is 0 Å². The maximum atomic E-state index is 4.92. The van der Waals surface area contributed by atoms with Crippen LogP contribution in [-0.2, 0) is 6.42 Å². The van der Waals surface area contributed by atoms with E-state index in [4.69, 9.17) is 9.98 Å². The summed E-state index contributed by atoms with van der Waals surface area (Å²) in [6, 6.07) is 5.17. The van der Waals surface area contributed by atoms with Crippen LogP contribution in [0, 0.1) is 5.92 Å². The average Bonchev–Trinajstić information content (AvgIpc) is 2.93. The Bertz CT molecular complexity index is 1130. The molecule has 0 unspecified atom stereocenters. The number of rotatable bonds is 9. The Kier molecular flexibility index (Phi) is 9.76. The Hall–Kier alpha value is -2.69. The van der Waals surface area contributed by atoms with Gasteiger partial charge in [-0.15, -0.1) is 0 Å². The molecule has 0 spiro atoms. The second kappa shape index (κ2) is 13.2. The van der Waals surface area contributed by atoms with Gasteiger partial charge in [-0.05, 0) is 120 Å². The van der Waals surface area contributed by atoms with Crippen LogP contribution in [0.4, 0.5) is 5.69 Å². The summed E-state index contributed by atoms with van der Waals surface area (Å²) >= 11 is 0. The fourth-order valence-corrected chi connectivity index (χ4v) is 5.79. The molecule has 0 bridgehead atoms. The van der Waals surface area contributed by atoms with Crippen LogP contribution in [0.15, 0.2) is 52.1 Å². The molecule has 200 valence electrons. The molecule has 0 amide bonds. The van der Waals surface area contributed by atoms with Gasteiger partial charge in [-0.1, -0.05) is 19.4 Å². The zero-order valence-corrected chi connectivity index (χ0v) is 23.8. The second-order valence-electron chi connectivity index (χ2n) is 11.3. The number of piperidine rings is 1. The van der Waals surface area contributed by atoms with Crippen LogP contribution < -0.4 is 10.2 Å². The van der Waals surface area contributed by atoms with Gasteiger partial charge >= 0.3 is 0 Å². The minimum absolute atomic E-state index is 0.498. The molecule has 5 nitrogen and oxygen atoms in total. The van der Waals surface area contributed by atoms with Crippen LogP contribution in [0.5, 0.6) is 0 Å². The van der Waals surface area contributed by atoms with Crippen molar-refractivity contribution in [2.45, 2.75) is 105 Å². The first-order valence-electron chi connectivity index (χ1n) is 14.6. The zero-order chi connectivity index (χ0) is 26.2. The highest BCUT2D eigenvalue weighted by Gasteiger charge is 2.24. The van der Waals surface area contributed by atoms with E-state index in [-0.39, 0.29) is 0 Å². The van der Waals surface area contributed by atoms with Gasteiger partial charge in [-0.25, -0.2) is 4.99 Å². The van der Waals surface area contributed by atoms with Crippen LogP contribution in [-0.4, -0.2) is 35.3 Å². The van der Waals surface area contributed by atoms with Crippen molar-refractivity contribution >= 4 is 22.9 Å². The van der Waals surface area contributed by atoms with Crippen LogP contribution >= 0.6 is 0 Å². The first kappa shape index (κ1) is 27.3. The Balaban J connectivity index is 1.42. The third kappa shape index (κ3) is 7.21. The Morgan fingerprint density at radius 2 is 1.70 bits per heavy atom. The maximum Gasteiger partial charge on any atom is 0.124 e. The summed E-state index contributed by atoms with van der Waals surface area (Å²) < 4.78 is 0. The average molecular weight is 502 g/mol. The molecule has 37 heavy (non-hydrogen) atoms. The lowest BCUT2D eigenvalue weighted by Gasteiger charge is -2.31. The highest BCUT2D eigenvalue weighted by atomic mass is 15.1. The fraction of sp³-hybridized carbons (Fsp3) is 0.594. The third-order valence-corrected chi connectivity index (χ3v) is 8.36. The smallest absolute Gasteiger partial charge is 0.124 e. The molecule has 2 aliphatic rings. The molecule has 1 aliphatic carbocycles. The highest BCUT2D eigenvalue weighted by molar-refractivity contribution is 5.82. The highest BCUT2D eigenvalue weighted by Crippen LogP contribution is 2.32. The van der Waals surface area contributed by atoms with Crippen LogP contribution in [0.1, 0.15) is 98.0 Å². The van der Waals surface area contributed by atoms with E-state index in [1.54, 1.807) is 0 Å². The van der Waals surface area contributed by atoms with Crippen LogP contribution in [0.2, 0.25) is 0 Å². The number of allylic oxidation sites excluding steroid dienone is 3. The molecule has 0 atom stereocenters. The van der Waals surface area contributed by atoms with Gasteiger partial charge in [0.25, 0.3) is 0 Å². The Morgan fingerprint density at radius 3 is 2.38 bits per heavy atom. The molecule has 5 heteroatoms. The maximum absolute atomic E-state index is 4.92. The van der Waals surface area contributed by atoms with Gasteiger partial charge in [-0.3, -0.25) is 9.97 Å². The number of fused-ring (bicyclic) bond motifs is 1. The molecule has 1 saturated heterocycles. The molecule has 0 radical (unpaired) electrons. The van der Waals surface area contributed by atoms with Crippen molar-refractivity contribution in [3.8, 4) is 0 Å². The standard InChI is InChI=1S/C32H47N5/c1-6-24(5)32(35-22-26(7-2)23(3)4)36-28-13-11-25(12-14-28)19-27-20-29(37-17-9-8-10-18-37)21-30-31(27)34-16-15-33-30/h15-16,20-22,25,28,36H,6-14,17-19H2,1-5H3/b32-24-,35-22?. The normalized spacial score (nSPS) is 21.3. The van der Waals surface area contributed by atoms with Crippen molar-refractivity contribution in [2.24, 2.45) is 10.9 Å². The lowest BCUT2D eigenvalue weighted by molar-refractivity contribution is 0.301. The van der Waals surface area contributed by atoms with Gasteiger partial charge in [0.05, 0.1) is 11.0 Å². The molecule has 2 heterocycles. The number of aromatic nitrogens is 2. The van der Waals surface area contributed by atoms with E-state index in [1.807, 2.05) is 12.4 Å². The van der Waals surface area contributed by atoms with E-state index in [0.29, 0.717) is 12.0 Å². The molecule has 1 aromatic carbocycles. The van der Waals surface area contributed by atoms with Gasteiger partial charge in [0.2, 0.25) is 0 Å². The van der Waals surface area contributed by atoms with Gasteiger partial charge < -0.3 is 10.2 Å². The van der Waals surface area contributed by atoms with Crippen molar-refractivity contribution in [3.63, 3.8) is 0 Å². The van der Waals surface area contributed by atoms with Crippen LogP contribution in [0.25, 0.3) is 11.0 Å². The molecule has 1 aliphatic heterocycles. The monoisotopic (exact) mass is 501 g/mol. The summed E-state index contributed by atoms with van der Waals surface area (Å²) in [5.74, 6) is 1.77. The number of benzene rings is 1. The molecule has 2 fully saturated rings. The summed E-state index contributed by atoms with van der Waals surface area (Å²) in [6.07, 6.45) is 17.7. The molecule has 1 aromatic heterocycles. The third-order valence-electron chi connectivity index (χ3n) is 8.36. The van der Waals surface area contributed by atoms with Gasteiger partial charge in [0, 0.05) is 43.4 Å². The summed E-state index contributed by atoms with van der Waals surface area (Å²) in [4.78, 5) is 16.9. The van der Waals surface area contributed by atoms with Gasteiger partial charge in [0.15, 0.2) is 0 Å². The van der Waals surface area contributed by atoms with E-state index in [1.165, 1.54) is 72.9 Å². The van der Waals surface area contributed by atoms with E-state index in [2.05, 4.69) is 68.2 Å². The number of aliphatic imine (C=N–C) groups is 1. The van der Waals surface area contributed by atoms with E-state index >= 15 is 0 Å². The van der Waals surface area contributed by atoms with Gasteiger partial charge in [-0.2, -0.15) is 0 Å². The number of nitrogens with one attached hydrogen (secondary N) is 1. The van der Waals surface area contributed by atoms with Crippen molar-refractivity contribution in [2.75, 3.05) is 18.0 Å². The van der Waals surface area contributed by atoms with E-state index in [9.17, 15) is 0 Å². The SMILES string of the molecule is CCC(C=N/C(NC1CCC(Cc2cc(N3CCCCC3)cc3nccnc23)CC1)=C(\C)CC)=C(C)C. The van der Waals surface area contributed by atoms with E-state index in [0.717, 1.165) is 49.2 Å². The molecule has 4 rings (SSSR count). The minimum Gasteiger partial charge on any atom is -0.371 e. The fourth-order valence-electron chi connectivity index (χ4n) is 5.79. The Labute approximate surface area is 224 Å². The Morgan fingerprint density at radius 1 is 0.973 bits per heavy atom. The number of hydrogen-bond acceptors (Lipinski definition) is 5. The molecule has 1 N–H and O–H groups in total. The van der Waals surface area contributed by atoms with Gasteiger partial charge in [0.1, 0.15) is 5.82 Å². The lowest BCUT2D eigenvalue weighted by Crippen LogP contribution is -2.33. The summed E-state index contributed by atoms with van der Waals surface area (Å²) in [6.45, 7) is 13.3. The predicted octanol–water partition coefficient (Wildman–Crippen LogP) is 7.77. The summed E-state index contributed by atoms with van der Waals surface area (Å²) in [5, 5.41) is 3.82. The summed E-state index contributed by atoms with van der Waals surface area (Å²) in [5.41, 5.74) is 8.86. The zero-order valence-electron chi connectivity index (χ0n) is 23.8. The van der Waals surface area contributed by atoms with Crippen molar-refractivity contribution in [1.82, 2.24) is 15.3 Å². The number of nitrogens with zero attached hydrogens (tertiary/aromatic N) is 4. The largest absolute Gasteiger partial charge is 0.371 e.